The molecule has 3 aromatic heterocycles. The van der Waals surface area contributed by atoms with E-state index in [4.69, 9.17) is 0 Å². The minimum Gasteiger partial charge on any atom is -0.310 e. The molecule has 0 bridgehead atoms. The maximum atomic E-state index is 2.49. The monoisotopic (exact) mass is 850 g/mol. The molecule has 0 fully saturated rings. The second-order valence-corrected chi connectivity index (χ2v) is 18.6. The number of hydrogen-bond acceptors (Lipinski definition) is 3. The van der Waals surface area contributed by atoms with Crippen LogP contribution in [-0.2, 0) is 0 Å². The Hall–Kier alpha value is -7.76. The topological polar surface area (TPSA) is 8.17 Å². The molecule has 13 rings (SSSR count). The van der Waals surface area contributed by atoms with Crippen molar-refractivity contribution in [2.75, 3.05) is 4.90 Å². The second-order valence-electron chi connectivity index (χ2n) is 16.5. The van der Waals surface area contributed by atoms with E-state index in [9.17, 15) is 0 Å². The lowest BCUT2D eigenvalue weighted by Crippen LogP contribution is -2.10. The molecule has 10 aromatic carbocycles. The highest BCUT2D eigenvalue weighted by atomic mass is 32.1. The molecule has 0 unspecified atom stereocenters. The van der Waals surface area contributed by atoms with Crippen LogP contribution in [0.1, 0.15) is 0 Å². The van der Waals surface area contributed by atoms with E-state index in [0.717, 1.165) is 22.7 Å². The van der Waals surface area contributed by atoms with Crippen molar-refractivity contribution in [1.82, 2.24) is 4.57 Å². The molecule has 3 heterocycles. The second kappa shape index (κ2) is 15.0. The van der Waals surface area contributed by atoms with Gasteiger partial charge in [0.2, 0.25) is 0 Å². The molecule has 13 aromatic rings. The lowest BCUT2D eigenvalue weighted by Gasteiger charge is -2.27. The number of benzene rings is 10. The summed E-state index contributed by atoms with van der Waals surface area (Å²) in [6.07, 6.45) is 0. The number of anilines is 3. The smallest absolute Gasteiger partial charge is 0.0555 e. The van der Waals surface area contributed by atoms with Crippen LogP contribution < -0.4 is 4.90 Å². The minimum absolute atomic E-state index is 1.10. The number of rotatable bonds is 7. The average Bonchev–Trinajstić information content (AvgIpc) is 4.04. The molecule has 0 aliphatic heterocycles. The van der Waals surface area contributed by atoms with Crippen molar-refractivity contribution in [1.29, 1.82) is 0 Å². The van der Waals surface area contributed by atoms with Crippen LogP contribution in [0.15, 0.2) is 231 Å². The molecular formula is C60H38N2S2. The minimum atomic E-state index is 1.10. The molecular weight excluding hydrogens is 813 g/mol. The molecule has 2 nitrogen and oxygen atoms in total. The van der Waals surface area contributed by atoms with E-state index in [2.05, 4.69) is 240 Å². The van der Waals surface area contributed by atoms with Crippen LogP contribution in [0.4, 0.5) is 17.1 Å². The average molecular weight is 851 g/mol. The van der Waals surface area contributed by atoms with Crippen molar-refractivity contribution in [2.45, 2.75) is 0 Å². The molecule has 0 saturated heterocycles. The molecule has 0 saturated carbocycles. The Kier molecular flexibility index (Phi) is 8.61. The molecule has 0 N–H and O–H groups in total. The summed E-state index contributed by atoms with van der Waals surface area (Å²) in [6, 6.07) is 84.7. The van der Waals surface area contributed by atoms with Gasteiger partial charge in [0.25, 0.3) is 0 Å². The summed E-state index contributed by atoms with van der Waals surface area (Å²) in [5.74, 6) is 0. The Morgan fingerprint density at radius 3 is 1.55 bits per heavy atom. The van der Waals surface area contributed by atoms with E-state index in [-0.39, 0.29) is 0 Å². The van der Waals surface area contributed by atoms with E-state index in [1.165, 1.54) is 95.5 Å². The SMILES string of the molecule is c1ccc(-c2ccc3c(c2)sc2c(-c4ccccc4)ccc(N(c4ccc(-n5c6ccccc6c6ccccc65)cc4)c4ccc5sc6ccc(-c7ccccc7)cc6c5c4)c23)cc1. The summed E-state index contributed by atoms with van der Waals surface area (Å²) in [4.78, 5) is 2.49. The number of aromatic nitrogens is 1. The van der Waals surface area contributed by atoms with Crippen LogP contribution in [0.3, 0.4) is 0 Å². The van der Waals surface area contributed by atoms with Gasteiger partial charge in [-0.1, -0.05) is 152 Å². The van der Waals surface area contributed by atoms with E-state index >= 15 is 0 Å². The fourth-order valence-electron chi connectivity index (χ4n) is 9.80. The lowest BCUT2D eigenvalue weighted by molar-refractivity contribution is 1.17. The highest BCUT2D eigenvalue weighted by molar-refractivity contribution is 7.26. The summed E-state index contributed by atoms with van der Waals surface area (Å²) in [6.45, 7) is 0. The molecule has 0 aliphatic carbocycles. The Morgan fingerprint density at radius 1 is 0.328 bits per heavy atom. The first-order valence-electron chi connectivity index (χ1n) is 21.7. The van der Waals surface area contributed by atoms with Crippen molar-refractivity contribution >= 4 is 102 Å². The summed E-state index contributed by atoms with van der Waals surface area (Å²) in [5, 5.41) is 7.58. The van der Waals surface area contributed by atoms with Gasteiger partial charge in [-0.25, -0.2) is 0 Å². The van der Waals surface area contributed by atoms with Crippen molar-refractivity contribution in [3.05, 3.63) is 231 Å². The summed E-state index contributed by atoms with van der Waals surface area (Å²) in [5.41, 5.74) is 14.3. The quantitative estimate of drug-likeness (QED) is 0.155. The highest BCUT2D eigenvalue weighted by Crippen LogP contribution is 2.50. The largest absolute Gasteiger partial charge is 0.310 e. The molecule has 0 aliphatic rings. The van der Waals surface area contributed by atoms with Gasteiger partial charge in [0.1, 0.15) is 0 Å². The lowest BCUT2D eigenvalue weighted by atomic mass is 9.98. The van der Waals surface area contributed by atoms with E-state index in [1.54, 1.807) is 0 Å². The van der Waals surface area contributed by atoms with Gasteiger partial charge in [-0.3, -0.25) is 0 Å². The van der Waals surface area contributed by atoms with Gasteiger partial charge in [-0.05, 0) is 112 Å². The zero-order chi connectivity index (χ0) is 42.1. The van der Waals surface area contributed by atoms with Crippen molar-refractivity contribution in [3.8, 4) is 39.1 Å². The maximum absolute atomic E-state index is 2.49. The standard InChI is InChI=1S/C60H38N2S2/c1-4-14-39(15-5-1)42-25-34-56-51(36-42)52-38-46(30-35-57(52)63-56)61(44-26-28-45(29-27-44)62-53-22-12-10-20-48(53)49-21-11-13-23-54(49)62)55-33-32-47(41-18-8-3-9-19-41)60-59(55)50-31-24-43(37-58(50)64-60)40-16-6-2-7-17-40/h1-38H. The molecule has 0 atom stereocenters. The van der Waals surface area contributed by atoms with Gasteiger partial charge in [-0.15, -0.1) is 22.7 Å². The van der Waals surface area contributed by atoms with Gasteiger partial charge in [0, 0.05) is 68.2 Å². The number of fused-ring (bicyclic) bond motifs is 9. The number of nitrogens with zero attached hydrogens (tertiary/aromatic N) is 2. The van der Waals surface area contributed by atoms with Crippen LogP contribution in [0.5, 0.6) is 0 Å². The highest BCUT2D eigenvalue weighted by Gasteiger charge is 2.23. The normalized spacial score (nSPS) is 11.8. The van der Waals surface area contributed by atoms with Crippen LogP contribution >= 0.6 is 22.7 Å². The first-order valence-corrected chi connectivity index (χ1v) is 23.4. The zero-order valence-electron chi connectivity index (χ0n) is 34.7. The third-order valence-electron chi connectivity index (χ3n) is 12.8. The fourth-order valence-corrected chi connectivity index (χ4v) is 12.2. The zero-order valence-corrected chi connectivity index (χ0v) is 36.3. The van der Waals surface area contributed by atoms with E-state index in [0.29, 0.717) is 0 Å². The Bertz CT molecular complexity index is 3830. The maximum Gasteiger partial charge on any atom is 0.0555 e. The first kappa shape index (κ1) is 36.9. The van der Waals surface area contributed by atoms with E-state index in [1.807, 2.05) is 22.7 Å². The van der Waals surface area contributed by atoms with Crippen LogP contribution in [0, 0.1) is 0 Å². The summed E-state index contributed by atoms with van der Waals surface area (Å²) < 4.78 is 7.53. The molecule has 300 valence electrons. The Labute approximate surface area is 378 Å². The van der Waals surface area contributed by atoms with Crippen molar-refractivity contribution in [3.63, 3.8) is 0 Å². The first-order chi connectivity index (χ1) is 31.7. The van der Waals surface area contributed by atoms with Gasteiger partial charge in [0.05, 0.1) is 16.7 Å². The molecule has 0 amide bonds. The van der Waals surface area contributed by atoms with Crippen LogP contribution in [0.2, 0.25) is 0 Å². The van der Waals surface area contributed by atoms with Gasteiger partial charge < -0.3 is 9.47 Å². The molecule has 0 spiro atoms. The van der Waals surface area contributed by atoms with Crippen molar-refractivity contribution < 1.29 is 0 Å². The summed E-state index contributed by atoms with van der Waals surface area (Å²) >= 11 is 3.76. The fraction of sp³-hybridized carbons (Fsp3) is 0. The molecule has 0 radical (unpaired) electrons. The number of para-hydroxylation sites is 2. The Morgan fingerprint density at radius 2 is 0.875 bits per heavy atom. The van der Waals surface area contributed by atoms with E-state index < -0.39 is 0 Å². The predicted molar refractivity (Wildman–Crippen MR) is 278 cm³/mol. The number of hydrogen-bond donors (Lipinski definition) is 0. The van der Waals surface area contributed by atoms with Gasteiger partial charge >= 0.3 is 0 Å². The predicted octanol–water partition coefficient (Wildman–Crippen LogP) is 18.0. The van der Waals surface area contributed by atoms with Crippen molar-refractivity contribution in [2.24, 2.45) is 0 Å². The van der Waals surface area contributed by atoms with Gasteiger partial charge in [0.15, 0.2) is 0 Å². The van der Waals surface area contributed by atoms with Crippen LogP contribution in [0.25, 0.3) is 101 Å². The third-order valence-corrected chi connectivity index (χ3v) is 15.1. The molecule has 64 heavy (non-hydrogen) atoms. The third kappa shape index (κ3) is 5.99. The molecule has 4 heteroatoms. The number of thiophene rings is 2. The van der Waals surface area contributed by atoms with Crippen LogP contribution in [-0.4, -0.2) is 4.57 Å². The van der Waals surface area contributed by atoms with Gasteiger partial charge in [-0.2, -0.15) is 0 Å². The summed E-state index contributed by atoms with van der Waals surface area (Å²) in [7, 11) is 0. The Balaban J connectivity index is 1.06.